The molecule has 4 N–H and O–H groups in total. The number of hydrogen-bond acceptors (Lipinski definition) is 4. The number of nitrogen functional groups attached to an aromatic ring is 1. The van der Waals surface area contributed by atoms with Gasteiger partial charge in [-0.3, -0.25) is 0 Å². The molecule has 0 unspecified atom stereocenters. The highest BCUT2D eigenvalue weighted by atomic mass is 16.4. The lowest BCUT2D eigenvalue weighted by Crippen LogP contribution is -2.29. The topological polar surface area (TPSA) is 84.3 Å². The fraction of sp³-hybridized carbons (Fsp3) is 0.100. The second-order valence-electron chi connectivity index (χ2n) is 3.53. The van der Waals surface area contributed by atoms with Crippen molar-refractivity contribution in [2.24, 2.45) is 0 Å². The molecule has 16 heavy (non-hydrogen) atoms. The summed E-state index contributed by atoms with van der Waals surface area (Å²) in [4.78, 5) is 0. The highest BCUT2D eigenvalue weighted by Crippen LogP contribution is 2.05. The summed E-state index contributed by atoms with van der Waals surface area (Å²) in [6.45, 7) is 0.570. The third-order valence-electron chi connectivity index (χ3n) is 2.36. The molecule has 0 amide bonds. The van der Waals surface area contributed by atoms with Crippen LogP contribution in [0.4, 0.5) is 5.82 Å². The first kappa shape index (κ1) is 10.7. The van der Waals surface area contributed by atoms with E-state index in [4.69, 9.17) is 15.8 Å². The fourth-order valence-corrected chi connectivity index (χ4v) is 1.44. The maximum atomic E-state index is 8.93. The molecule has 2 aromatic rings. The zero-order chi connectivity index (χ0) is 11.5. The molecular formula is C10H12BN3O2. The van der Waals surface area contributed by atoms with Crippen molar-refractivity contribution in [3.05, 3.63) is 42.1 Å². The van der Waals surface area contributed by atoms with Crippen LogP contribution in [0.25, 0.3) is 0 Å². The molecule has 82 valence electrons. The molecule has 6 heteroatoms. The number of aromatic nitrogens is 2. The lowest BCUT2D eigenvalue weighted by atomic mass is 9.80. The first-order valence-corrected chi connectivity index (χ1v) is 4.89. The Morgan fingerprint density at radius 1 is 1.19 bits per heavy atom. The van der Waals surface area contributed by atoms with Gasteiger partial charge in [0.05, 0.1) is 12.7 Å². The van der Waals surface area contributed by atoms with E-state index in [2.05, 4.69) is 5.10 Å². The Morgan fingerprint density at radius 3 is 2.38 bits per heavy atom. The summed E-state index contributed by atoms with van der Waals surface area (Å²) in [7, 11) is -1.43. The SMILES string of the molecule is Nc1ccnn1Cc1ccc(B(O)O)cc1. The van der Waals surface area contributed by atoms with Gasteiger partial charge in [0.25, 0.3) is 0 Å². The average molecular weight is 217 g/mol. The minimum absolute atomic E-state index is 0.470. The summed E-state index contributed by atoms with van der Waals surface area (Å²) < 4.78 is 1.67. The Morgan fingerprint density at radius 2 is 1.88 bits per heavy atom. The monoisotopic (exact) mass is 217 g/mol. The minimum Gasteiger partial charge on any atom is -0.423 e. The smallest absolute Gasteiger partial charge is 0.423 e. The zero-order valence-electron chi connectivity index (χ0n) is 8.61. The van der Waals surface area contributed by atoms with Crippen molar-refractivity contribution in [2.75, 3.05) is 5.73 Å². The molecular weight excluding hydrogens is 205 g/mol. The first-order chi connectivity index (χ1) is 7.66. The van der Waals surface area contributed by atoms with Gasteiger partial charge in [0.15, 0.2) is 0 Å². The first-order valence-electron chi connectivity index (χ1n) is 4.89. The van der Waals surface area contributed by atoms with Crippen LogP contribution in [0.15, 0.2) is 36.5 Å². The van der Waals surface area contributed by atoms with E-state index in [9.17, 15) is 0 Å². The maximum Gasteiger partial charge on any atom is 0.488 e. The van der Waals surface area contributed by atoms with E-state index < -0.39 is 7.12 Å². The maximum absolute atomic E-state index is 8.93. The fourth-order valence-electron chi connectivity index (χ4n) is 1.44. The molecule has 0 saturated carbocycles. The Labute approximate surface area is 93.3 Å². The van der Waals surface area contributed by atoms with Crippen LogP contribution in [0.5, 0.6) is 0 Å². The molecule has 1 aromatic heterocycles. The summed E-state index contributed by atoms with van der Waals surface area (Å²) >= 11 is 0. The number of nitrogens with two attached hydrogens (primary N) is 1. The lowest BCUT2D eigenvalue weighted by Gasteiger charge is -2.05. The Bertz CT molecular complexity index is 467. The Balaban J connectivity index is 2.14. The van der Waals surface area contributed by atoms with Gasteiger partial charge in [-0.2, -0.15) is 5.10 Å². The highest BCUT2D eigenvalue weighted by Gasteiger charge is 2.09. The second-order valence-corrected chi connectivity index (χ2v) is 3.53. The molecule has 1 aromatic carbocycles. The summed E-state index contributed by atoms with van der Waals surface area (Å²) in [5, 5.41) is 21.9. The van der Waals surface area contributed by atoms with Crippen LogP contribution in [-0.2, 0) is 6.54 Å². The molecule has 0 aliphatic carbocycles. The van der Waals surface area contributed by atoms with Crippen molar-refractivity contribution in [1.82, 2.24) is 9.78 Å². The van der Waals surface area contributed by atoms with Gasteiger partial charge in [0, 0.05) is 0 Å². The van der Waals surface area contributed by atoms with Crippen LogP contribution in [0, 0.1) is 0 Å². The van der Waals surface area contributed by atoms with Gasteiger partial charge in [-0.1, -0.05) is 24.3 Å². The van der Waals surface area contributed by atoms with Crippen LogP contribution in [0.2, 0.25) is 0 Å². The van der Waals surface area contributed by atoms with Crippen molar-refractivity contribution < 1.29 is 10.0 Å². The number of nitrogens with zero attached hydrogens (tertiary/aromatic N) is 2. The molecule has 0 aliphatic rings. The standard InChI is InChI=1S/C10H12BN3O2/c12-10-5-6-13-14(10)7-8-1-3-9(4-2-8)11(15)16/h1-6,15-16H,7,12H2. The molecule has 0 saturated heterocycles. The molecule has 0 fully saturated rings. The third kappa shape index (κ3) is 2.24. The molecule has 1 heterocycles. The van der Waals surface area contributed by atoms with Gasteiger partial charge in [-0.15, -0.1) is 0 Å². The van der Waals surface area contributed by atoms with Gasteiger partial charge >= 0.3 is 7.12 Å². The van der Waals surface area contributed by atoms with Gasteiger partial charge < -0.3 is 15.8 Å². The van der Waals surface area contributed by atoms with Crippen LogP contribution < -0.4 is 11.2 Å². The summed E-state index contributed by atoms with van der Waals surface area (Å²) in [5.41, 5.74) is 7.16. The second kappa shape index (κ2) is 4.38. The Hall–Kier alpha value is -1.79. The molecule has 0 atom stereocenters. The minimum atomic E-state index is -1.43. The van der Waals surface area contributed by atoms with Gasteiger partial charge in [-0.05, 0) is 17.1 Å². The lowest BCUT2D eigenvalue weighted by molar-refractivity contribution is 0.426. The quantitative estimate of drug-likeness (QED) is 0.587. The summed E-state index contributed by atoms with van der Waals surface area (Å²) in [6.07, 6.45) is 1.64. The molecule has 5 nitrogen and oxygen atoms in total. The third-order valence-corrected chi connectivity index (χ3v) is 2.36. The van der Waals surface area contributed by atoms with Crippen molar-refractivity contribution in [3.63, 3.8) is 0 Å². The number of anilines is 1. The molecule has 0 spiro atoms. The van der Waals surface area contributed by atoms with E-state index in [0.717, 1.165) is 5.56 Å². The van der Waals surface area contributed by atoms with E-state index in [0.29, 0.717) is 17.8 Å². The van der Waals surface area contributed by atoms with Gasteiger partial charge in [0.2, 0.25) is 0 Å². The number of benzene rings is 1. The number of hydrogen-bond donors (Lipinski definition) is 3. The van der Waals surface area contributed by atoms with Gasteiger partial charge in [0.1, 0.15) is 5.82 Å². The summed E-state index contributed by atoms with van der Waals surface area (Å²) in [6, 6.07) is 8.69. The number of rotatable bonds is 3. The normalized spacial score (nSPS) is 10.4. The largest absolute Gasteiger partial charge is 0.488 e. The van der Waals surface area contributed by atoms with E-state index in [1.54, 1.807) is 29.1 Å². The van der Waals surface area contributed by atoms with E-state index in [-0.39, 0.29) is 0 Å². The highest BCUT2D eigenvalue weighted by molar-refractivity contribution is 6.58. The Kier molecular flexibility index (Phi) is 2.94. The van der Waals surface area contributed by atoms with Crippen molar-refractivity contribution >= 4 is 18.4 Å². The van der Waals surface area contributed by atoms with Crippen molar-refractivity contribution in [2.45, 2.75) is 6.54 Å². The van der Waals surface area contributed by atoms with E-state index in [1.165, 1.54) is 0 Å². The molecule has 2 rings (SSSR count). The van der Waals surface area contributed by atoms with E-state index >= 15 is 0 Å². The van der Waals surface area contributed by atoms with Crippen LogP contribution in [0.3, 0.4) is 0 Å². The van der Waals surface area contributed by atoms with Crippen LogP contribution >= 0.6 is 0 Å². The van der Waals surface area contributed by atoms with Crippen molar-refractivity contribution in [3.8, 4) is 0 Å². The van der Waals surface area contributed by atoms with Crippen molar-refractivity contribution in [1.29, 1.82) is 0 Å². The van der Waals surface area contributed by atoms with Gasteiger partial charge in [-0.25, -0.2) is 4.68 Å². The van der Waals surface area contributed by atoms with E-state index in [1.807, 2.05) is 12.1 Å². The molecule has 0 aliphatic heterocycles. The average Bonchev–Trinajstić information content (AvgIpc) is 2.65. The molecule has 0 bridgehead atoms. The predicted octanol–water partition coefficient (Wildman–Crippen LogP) is -0.807. The predicted molar refractivity (Wildman–Crippen MR) is 62.0 cm³/mol. The molecule has 0 radical (unpaired) electrons. The summed E-state index contributed by atoms with van der Waals surface area (Å²) in [5.74, 6) is 0.603. The zero-order valence-corrected chi connectivity index (χ0v) is 8.61. The van der Waals surface area contributed by atoms with Crippen LogP contribution in [-0.4, -0.2) is 26.9 Å². The van der Waals surface area contributed by atoms with Crippen LogP contribution in [0.1, 0.15) is 5.56 Å².